The Morgan fingerprint density at radius 3 is 2.93 bits per heavy atom. The van der Waals surface area contributed by atoms with Crippen LogP contribution in [0.5, 0.6) is 0 Å². The number of nitrogens with zero attached hydrogens (tertiary/aromatic N) is 1. The summed E-state index contributed by atoms with van der Waals surface area (Å²) in [6, 6.07) is 11.9. The van der Waals surface area contributed by atoms with Crippen molar-refractivity contribution >= 4 is 34.8 Å². The predicted octanol–water partition coefficient (Wildman–Crippen LogP) is 3.13. The molecule has 2 unspecified atom stereocenters. The monoisotopic (exact) mass is 387 g/mol. The fourth-order valence-corrected chi connectivity index (χ4v) is 3.87. The van der Waals surface area contributed by atoms with Crippen molar-refractivity contribution in [2.45, 2.75) is 31.3 Å². The highest BCUT2D eigenvalue weighted by atomic mass is 35.5. The van der Waals surface area contributed by atoms with Crippen LogP contribution in [0.2, 0.25) is 5.02 Å². The van der Waals surface area contributed by atoms with Gasteiger partial charge in [0.2, 0.25) is 11.8 Å². The minimum Gasteiger partial charge on any atom is -0.356 e. The SMILES string of the molecule is O=C(CCc1ccc(Cl)c(F)c1)NC1CC2C(=O)Nc3ccccc3N2C1. The Bertz CT molecular complexity index is 905. The fourth-order valence-electron chi connectivity index (χ4n) is 3.75. The molecule has 2 amide bonds. The van der Waals surface area contributed by atoms with Gasteiger partial charge >= 0.3 is 0 Å². The number of carbonyl (C=O) groups excluding carboxylic acids is 2. The van der Waals surface area contributed by atoms with Gasteiger partial charge in [-0.2, -0.15) is 0 Å². The number of carbonyl (C=O) groups is 2. The van der Waals surface area contributed by atoms with Gasteiger partial charge in [0.15, 0.2) is 0 Å². The number of hydrogen-bond donors (Lipinski definition) is 2. The summed E-state index contributed by atoms with van der Waals surface area (Å²) in [6.45, 7) is 0.594. The smallest absolute Gasteiger partial charge is 0.247 e. The van der Waals surface area contributed by atoms with Crippen molar-refractivity contribution in [3.63, 3.8) is 0 Å². The van der Waals surface area contributed by atoms with Crippen molar-refractivity contribution in [1.82, 2.24) is 5.32 Å². The lowest BCUT2D eigenvalue weighted by Crippen LogP contribution is -2.44. The van der Waals surface area contributed by atoms with Crippen LogP contribution in [0.25, 0.3) is 0 Å². The van der Waals surface area contributed by atoms with Crippen LogP contribution in [0.1, 0.15) is 18.4 Å². The van der Waals surface area contributed by atoms with Crippen molar-refractivity contribution in [2.75, 3.05) is 16.8 Å². The zero-order valence-electron chi connectivity index (χ0n) is 14.5. The summed E-state index contributed by atoms with van der Waals surface area (Å²) in [5.41, 5.74) is 2.51. The minimum absolute atomic E-state index is 0.0397. The highest BCUT2D eigenvalue weighted by molar-refractivity contribution is 6.30. The molecule has 0 saturated carbocycles. The number of fused-ring (bicyclic) bond motifs is 3. The largest absolute Gasteiger partial charge is 0.356 e. The molecule has 2 aromatic carbocycles. The first kappa shape index (κ1) is 17.8. The minimum atomic E-state index is -0.480. The van der Waals surface area contributed by atoms with E-state index in [1.807, 2.05) is 29.2 Å². The maximum absolute atomic E-state index is 13.5. The van der Waals surface area contributed by atoms with E-state index in [4.69, 9.17) is 11.6 Å². The van der Waals surface area contributed by atoms with Crippen LogP contribution in [-0.2, 0) is 16.0 Å². The van der Waals surface area contributed by atoms with Gasteiger partial charge in [-0.25, -0.2) is 4.39 Å². The summed E-state index contributed by atoms with van der Waals surface area (Å²) in [7, 11) is 0. The molecule has 2 aliphatic rings. The molecule has 5 nitrogen and oxygen atoms in total. The number of aryl methyl sites for hydroxylation is 1. The average molecular weight is 388 g/mol. The number of rotatable bonds is 4. The van der Waals surface area contributed by atoms with E-state index in [9.17, 15) is 14.0 Å². The first-order chi connectivity index (χ1) is 13.0. The van der Waals surface area contributed by atoms with Gasteiger partial charge in [-0.3, -0.25) is 9.59 Å². The maximum Gasteiger partial charge on any atom is 0.247 e. The molecular weight excluding hydrogens is 369 g/mol. The van der Waals surface area contributed by atoms with E-state index in [1.165, 1.54) is 12.1 Å². The summed E-state index contributed by atoms with van der Waals surface area (Å²) < 4.78 is 13.5. The Hall–Kier alpha value is -2.60. The standard InChI is InChI=1S/C20H19ClFN3O2/c21-14-7-5-12(9-15(14)22)6-8-19(26)23-13-10-18-20(27)24-16-3-1-2-4-17(16)25(18)11-13/h1-5,7,9,13,18H,6,8,10-11H2,(H,23,26)(H,24,27). The third kappa shape index (κ3) is 3.62. The lowest BCUT2D eigenvalue weighted by molar-refractivity contribution is -0.122. The lowest BCUT2D eigenvalue weighted by Gasteiger charge is -2.32. The summed E-state index contributed by atoms with van der Waals surface area (Å²) in [6.07, 6.45) is 1.26. The molecule has 0 spiro atoms. The molecular formula is C20H19ClFN3O2. The molecule has 2 N–H and O–H groups in total. The van der Waals surface area contributed by atoms with Crippen LogP contribution in [0.4, 0.5) is 15.8 Å². The Morgan fingerprint density at radius 1 is 1.30 bits per heavy atom. The zero-order valence-corrected chi connectivity index (χ0v) is 15.3. The fraction of sp³-hybridized carbons (Fsp3) is 0.300. The Morgan fingerprint density at radius 2 is 2.11 bits per heavy atom. The van der Waals surface area contributed by atoms with E-state index in [1.54, 1.807) is 6.07 Å². The zero-order chi connectivity index (χ0) is 19.0. The summed E-state index contributed by atoms with van der Waals surface area (Å²) >= 11 is 5.67. The third-order valence-electron chi connectivity index (χ3n) is 5.06. The van der Waals surface area contributed by atoms with E-state index in [0.29, 0.717) is 19.4 Å². The summed E-state index contributed by atoms with van der Waals surface area (Å²) in [4.78, 5) is 26.7. The Labute approximate surface area is 161 Å². The first-order valence-electron chi connectivity index (χ1n) is 8.91. The maximum atomic E-state index is 13.5. The van der Waals surface area contributed by atoms with Gasteiger partial charge in [0.25, 0.3) is 0 Å². The second-order valence-corrected chi connectivity index (χ2v) is 7.33. The van der Waals surface area contributed by atoms with Gasteiger partial charge in [0, 0.05) is 19.0 Å². The molecule has 140 valence electrons. The molecule has 2 atom stereocenters. The van der Waals surface area contributed by atoms with Crippen molar-refractivity contribution in [3.05, 3.63) is 58.9 Å². The lowest BCUT2D eigenvalue weighted by atomic mass is 10.1. The van der Waals surface area contributed by atoms with E-state index in [-0.39, 0.29) is 35.3 Å². The van der Waals surface area contributed by atoms with Crippen LogP contribution in [0.15, 0.2) is 42.5 Å². The summed E-state index contributed by atoms with van der Waals surface area (Å²) in [5.74, 6) is -0.627. The number of nitrogens with one attached hydrogen (secondary N) is 2. The van der Waals surface area contributed by atoms with Gasteiger partial charge in [-0.15, -0.1) is 0 Å². The molecule has 2 aliphatic heterocycles. The Kier molecular flexibility index (Phi) is 4.74. The van der Waals surface area contributed by atoms with Crippen molar-refractivity contribution in [2.24, 2.45) is 0 Å². The van der Waals surface area contributed by atoms with Crippen molar-refractivity contribution in [1.29, 1.82) is 0 Å². The van der Waals surface area contributed by atoms with E-state index >= 15 is 0 Å². The second kappa shape index (κ2) is 7.19. The van der Waals surface area contributed by atoms with Crippen LogP contribution >= 0.6 is 11.6 Å². The molecule has 2 aromatic rings. The molecule has 2 heterocycles. The predicted molar refractivity (Wildman–Crippen MR) is 102 cm³/mol. The van der Waals surface area contributed by atoms with Crippen molar-refractivity contribution in [3.8, 4) is 0 Å². The number of anilines is 2. The number of hydrogen-bond acceptors (Lipinski definition) is 3. The van der Waals surface area contributed by atoms with E-state index < -0.39 is 5.82 Å². The first-order valence-corrected chi connectivity index (χ1v) is 9.29. The number of amides is 2. The Balaban J connectivity index is 1.36. The topological polar surface area (TPSA) is 61.4 Å². The van der Waals surface area contributed by atoms with E-state index in [2.05, 4.69) is 10.6 Å². The molecule has 0 bridgehead atoms. The number of halogens is 2. The van der Waals surface area contributed by atoms with Crippen LogP contribution < -0.4 is 15.5 Å². The van der Waals surface area contributed by atoms with Crippen LogP contribution in [0, 0.1) is 5.82 Å². The molecule has 27 heavy (non-hydrogen) atoms. The highest BCUT2D eigenvalue weighted by Gasteiger charge is 2.41. The normalized spacial score (nSPS) is 20.7. The molecule has 1 saturated heterocycles. The highest BCUT2D eigenvalue weighted by Crippen LogP contribution is 2.36. The molecule has 7 heteroatoms. The molecule has 1 fully saturated rings. The molecule has 0 aromatic heterocycles. The van der Waals surface area contributed by atoms with Gasteiger partial charge in [-0.05, 0) is 42.7 Å². The van der Waals surface area contributed by atoms with Gasteiger partial charge in [0.1, 0.15) is 11.9 Å². The van der Waals surface area contributed by atoms with Gasteiger partial charge in [-0.1, -0.05) is 29.8 Å². The molecule has 0 radical (unpaired) electrons. The molecule has 0 aliphatic carbocycles. The molecule has 4 rings (SSSR count). The van der Waals surface area contributed by atoms with Crippen molar-refractivity contribution < 1.29 is 14.0 Å². The number of para-hydroxylation sites is 2. The summed E-state index contributed by atoms with van der Waals surface area (Å²) in [5, 5.41) is 6.00. The quantitative estimate of drug-likeness (QED) is 0.847. The second-order valence-electron chi connectivity index (χ2n) is 6.92. The van der Waals surface area contributed by atoms with E-state index in [0.717, 1.165) is 16.9 Å². The average Bonchev–Trinajstić information content (AvgIpc) is 3.07. The third-order valence-corrected chi connectivity index (χ3v) is 5.37. The van der Waals surface area contributed by atoms with Gasteiger partial charge < -0.3 is 15.5 Å². The van der Waals surface area contributed by atoms with Crippen LogP contribution in [-0.4, -0.2) is 30.4 Å². The number of benzene rings is 2. The van der Waals surface area contributed by atoms with Gasteiger partial charge in [0.05, 0.1) is 16.4 Å². The van der Waals surface area contributed by atoms with Crippen LogP contribution in [0.3, 0.4) is 0 Å².